The van der Waals surface area contributed by atoms with Crippen LogP contribution in [-0.4, -0.2) is 44.4 Å². The lowest BCUT2D eigenvalue weighted by atomic mass is 10.1. The largest absolute Gasteiger partial charge is 0.354 e. The summed E-state index contributed by atoms with van der Waals surface area (Å²) in [6.45, 7) is 3.97. The van der Waals surface area contributed by atoms with Crippen LogP contribution in [0.4, 0.5) is 5.69 Å². The van der Waals surface area contributed by atoms with Crippen LogP contribution in [0, 0.1) is 13.8 Å². The number of aryl methyl sites for hydroxylation is 2. The monoisotopic (exact) mass is 393 g/mol. The van der Waals surface area contributed by atoms with Crippen molar-refractivity contribution in [2.45, 2.75) is 18.9 Å². The van der Waals surface area contributed by atoms with Crippen molar-refractivity contribution >= 4 is 33.4 Å². The number of benzene rings is 1. The highest BCUT2D eigenvalue weighted by molar-refractivity contribution is 7.99. The van der Waals surface area contributed by atoms with Crippen molar-refractivity contribution in [1.29, 1.82) is 0 Å². The quantitative estimate of drug-likeness (QED) is 0.550. The Balaban J connectivity index is 1.94. The summed E-state index contributed by atoms with van der Waals surface area (Å²) in [6.07, 6.45) is 2.82. The molecule has 0 aliphatic heterocycles. The Morgan fingerprint density at radius 2 is 2.00 bits per heavy atom. The fraction of sp³-hybridized carbons (Fsp3) is 0.333. The van der Waals surface area contributed by atoms with Gasteiger partial charge in [0.15, 0.2) is 0 Å². The zero-order valence-electron chi connectivity index (χ0n) is 15.1. The molecule has 2 aromatic rings. The molecule has 140 valence electrons. The van der Waals surface area contributed by atoms with Gasteiger partial charge in [-0.05, 0) is 37.6 Å². The molecule has 2 rings (SSSR count). The SMILES string of the molecule is Cc1ccc(N(CC(=O)NCCSc2ccccn2)S(C)(=O)=O)c(C)c1. The van der Waals surface area contributed by atoms with Gasteiger partial charge in [0.1, 0.15) is 6.54 Å². The summed E-state index contributed by atoms with van der Waals surface area (Å²) in [4.78, 5) is 16.4. The summed E-state index contributed by atoms with van der Waals surface area (Å²) >= 11 is 1.53. The highest BCUT2D eigenvalue weighted by Crippen LogP contribution is 2.23. The van der Waals surface area contributed by atoms with E-state index in [9.17, 15) is 13.2 Å². The Bertz CT molecular complexity index is 855. The number of aromatic nitrogens is 1. The Hall–Kier alpha value is -2.06. The fourth-order valence-electron chi connectivity index (χ4n) is 2.43. The van der Waals surface area contributed by atoms with Crippen LogP contribution in [0.15, 0.2) is 47.6 Å². The van der Waals surface area contributed by atoms with Gasteiger partial charge < -0.3 is 5.32 Å². The Morgan fingerprint density at radius 3 is 2.62 bits per heavy atom. The van der Waals surface area contributed by atoms with Gasteiger partial charge in [0.05, 0.1) is 17.0 Å². The molecule has 0 spiro atoms. The smallest absolute Gasteiger partial charge is 0.240 e. The van der Waals surface area contributed by atoms with Gasteiger partial charge in [-0.15, -0.1) is 11.8 Å². The minimum absolute atomic E-state index is 0.239. The minimum atomic E-state index is -3.56. The summed E-state index contributed by atoms with van der Waals surface area (Å²) in [5, 5.41) is 3.65. The average Bonchev–Trinajstić information content (AvgIpc) is 2.57. The van der Waals surface area contributed by atoms with Crippen molar-refractivity contribution in [3.63, 3.8) is 0 Å². The molecule has 0 atom stereocenters. The van der Waals surface area contributed by atoms with Crippen molar-refractivity contribution in [2.75, 3.05) is 29.4 Å². The van der Waals surface area contributed by atoms with Gasteiger partial charge in [0.2, 0.25) is 15.9 Å². The van der Waals surface area contributed by atoms with E-state index in [1.807, 2.05) is 44.2 Å². The maximum Gasteiger partial charge on any atom is 0.240 e. The Morgan fingerprint density at radius 1 is 1.23 bits per heavy atom. The second kappa shape index (κ2) is 9.05. The number of nitrogens with zero attached hydrogens (tertiary/aromatic N) is 2. The first-order valence-electron chi connectivity index (χ1n) is 8.13. The molecule has 1 aromatic heterocycles. The molecule has 0 saturated carbocycles. The van der Waals surface area contributed by atoms with Gasteiger partial charge in [-0.25, -0.2) is 13.4 Å². The van der Waals surface area contributed by atoms with E-state index in [0.29, 0.717) is 18.0 Å². The molecule has 1 aromatic carbocycles. The number of hydrogen-bond acceptors (Lipinski definition) is 5. The zero-order valence-corrected chi connectivity index (χ0v) is 16.7. The number of rotatable bonds is 8. The topological polar surface area (TPSA) is 79.4 Å². The third-order valence-electron chi connectivity index (χ3n) is 3.62. The summed E-state index contributed by atoms with van der Waals surface area (Å²) in [5.41, 5.74) is 2.38. The molecule has 0 aliphatic rings. The van der Waals surface area contributed by atoms with Crippen molar-refractivity contribution in [3.8, 4) is 0 Å². The number of sulfonamides is 1. The lowest BCUT2D eigenvalue weighted by Crippen LogP contribution is -2.41. The van der Waals surface area contributed by atoms with Gasteiger partial charge in [0, 0.05) is 18.5 Å². The van der Waals surface area contributed by atoms with Gasteiger partial charge >= 0.3 is 0 Å². The first-order chi connectivity index (χ1) is 12.3. The Kier molecular flexibility index (Phi) is 7.05. The summed E-state index contributed by atoms with van der Waals surface area (Å²) < 4.78 is 25.4. The third kappa shape index (κ3) is 6.03. The molecule has 0 saturated heterocycles. The molecule has 0 fully saturated rings. The number of nitrogens with one attached hydrogen (secondary N) is 1. The van der Waals surface area contributed by atoms with Crippen LogP contribution in [0.25, 0.3) is 0 Å². The van der Waals surface area contributed by atoms with Crippen LogP contribution >= 0.6 is 11.8 Å². The molecule has 1 amide bonds. The van der Waals surface area contributed by atoms with E-state index in [0.717, 1.165) is 26.7 Å². The van der Waals surface area contributed by atoms with E-state index >= 15 is 0 Å². The van der Waals surface area contributed by atoms with Crippen LogP contribution in [0.1, 0.15) is 11.1 Å². The number of thioether (sulfide) groups is 1. The van der Waals surface area contributed by atoms with Gasteiger partial charge in [-0.3, -0.25) is 9.10 Å². The molecular formula is C18H23N3O3S2. The van der Waals surface area contributed by atoms with Gasteiger partial charge in [-0.2, -0.15) is 0 Å². The molecule has 0 aliphatic carbocycles. The lowest BCUT2D eigenvalue weighted by molar-refractivity contribution is -0.119. The average molecular weight is 394 g/mol. The number of anilines is 1. The molecular weight excluding hydrogens is 370 g/mol. The molecule has 0 unspecified atom stereocenters. The summed E-state index contributed by atoms with van der Waals surface area (Å²) in [6, 6.07) is 11.1. The van der Waals surface area contributed by atoms with Crippen molar-refractivity contribution < 1.29 is 13.2 Å². The van der Waals surface area contributed by atoms with Crippen molar-refractivity contribution in [1.82, 2.24) is 10.3 Å². The van der Waals surface area contributed by atoms with E-state index in [-0.39, 0.29) is 12.5 Å². The predicted molar refractivity (Wildman–Crippen MR) is 106 cm³/mol. The van der Waals surface area contributed by atoms with E-state index in [1.54, 1.807) is 12.3 Å². The first kappa shape index (κ1) is 20.3. The van der Waals surface area contributed by atoms with Gasteiger partial charge in [-0.1, -0.05) is 23.8 Å². The van der Waals surface area contributed by atoms with Crippen LogP contribution in [-0.2, 0) is 14.8 Å². The van der Waals surface area contributed by atoms with Gasteiger partial charge in [0.25, 0.3) is 0 Å². The van der Waals surface area contributed by atoms with E-state index < -0.39 is 10.0 Å². The second-order valence-electron chi connectivity index (χ2n) is 5.93. The number of pyridine rings is 1. The second-order valence-corrected chi connectivity index (χ2v) is 8.95. The minimum Gasteiger partial charge on any atom is -0.354 e. The summed E-state index contributed by atoms with van der Waals surface area (Å²) in [5.74, 6) is 0.322. The molecule has 1 heterocycles. The number of carbonyl (C=O) groups is 1. The molecule has 6 nitrogen and oxygen atoms in total. The first-order valence-corrected chi connectivity index (χ1v) is 11.0. The predicted octanol–water partition coefficient (Wildman–Crippen LogP) is 2.37. The van der Waals surface area contributed by atoms with Crippen molar-refractivity contribution in [3.05, 3.63) is 53.7 Å². The maximum absolute atomic E-state index is 12.2. The molecule has 0 radical (unpaired) electrons. The normalized spacial score (nSPS) is 11.2. The zero-order chi connectivity index (χ0) is 19.2. The lowest BCUT2D eigenvalue weighted by Gasteiger charge is -2.23. The molecule has 8 heteroatoms. The van der Waals surface area contributed by atoms with Crippen LogP contribution in [0.2, 0.25) is 0 Å². The maximum atomic E-state index is 12.2. The number of hydrogen-bond donors (Lipinski definition) is 1. The van der Waals surface area contributed by atoms with E-state index in [1.165, 1.54) is 11.8 Å². The highest BCUT2D eigenvalue weighted by Gasteiger charge is 2.22. The highest BCUT2D eigenvalue weighted by atomic mass is 32.2. The van der Waals surface area contributed by atoms with E-state index in [2.05, 4.69) is 10.3 Å². The molecule has 26 heavy (non-hydrogen) atoms. The molecule has 1 N–H and O–H groups in total. The number of carbonyl (C=O) groups excluding carboxylic acids is 1. The van der Waals surface area contributed by atoms with Crippen LogP contribution in [0.5, 0.6) is 0 Å². The van der Waals surface area contributed by atoms with Crippen LogP contribution < -0.4 is 9.62 Å². The fourth-order valence-corrected chi connectivity index (χ4v) is 4.07. The van der Waals surface area contributed by atoms with E-state index in [4.69, 9.17) is 0 Å². The van der Waals surface area contributed by atoms with Crippen LogP contribution in [0.3, 0.4) is 0 Å². The Labute approximate surface area is 159 Å². The summed E-state index contributed by atoms with van der Waals surface area (Å²) in [7, 11) is -3.56. The number of amides is 1. The van der Waals surface area contributed by atoms with Crippen molar-refractivity contribution in [2.24, 2.45) is 0 Å². The third-order valence-corrected chi connectivity index (χ3v) is 5.69. The standard InChI is InChI=1S/C18H23N3O3S2/c1-14-7-8-16(15(2)12-14)21(26(3,23)24)13-17(22)19-10-11-25-18-6-4-5-9-20-18/h4-9,12H,10-11,13H2,1-3H3,(H,19,22). The molecule has 0 bridgehead atoms.